The lowest BCUT2D eigenvalue weighted by molar-refractivity contribution is 0.472. The van der Waals surface area contributed by atoms with E-state index in [1.54, 1.807) is 0 Å². The Hall–Kier alpha value is -0.790. The molecule has 138 valence electrons. The van der Waals surface area contributed by atoms with Gasteiger partial charge in [-0.2, -0.15) is 5.10 Å². The molecule has 1 fully saturated rings. The summed E-state index contributed by atoms with van der Waals surface area (Å²) in [5.74, 6) is 1.89. The number of hydrogen-bond acceptors (Lipinski definition) is 2. The van der Waals surface area contributed by atoms with E-state index in [-0.39, 0.29) is 24.0 Å². The summed E-state index contributed by atoms with van der Waals surface area (Å²) in [4.78, 5) is 4.31. The Balaban J connectivity index is 0.00000288. The third-order valence-electron chi connectivity index (χ3n) is 5.12. The highest BCUT2D eigenvalue weighted by Gasteiger charge is 2.14. The molecule has 0 spiro atoms. The topological polar surface area (TPSA) is 54.2 Å². The molecule has 1 aliphatic carbocycles. The van der Waals surface area contributed by atoms with Crippen molar-refractivity contribution in [1.82, 2.24) is 20.4 Å². The standard InChI is InChI=1S/C18H33N5.HI/c1-14-17(15(2)23(4)22-14)13-21-18(19-3)20-12-8-7-11-16-9-5-6-10-16;/h16H,5-13H2,1-4H3,(H2,19,20,21);1H. The van der Waals surface area contributed by atoms with Gasteiger partial charge in [0.05, 0.1) is 5.69 Å². The molecule has 2 N–H and O–H groups in total. The highest BCUT2D eigenvalue weighted by atomic mass is 127. The van der Waals surface area contributed by atoms with Crippen molar-refractivity contribution in [3.63, 3.8) is 0 Å². The lowest BCUT2D eigenvalue weighted by Gasteiger charge is -2.13. The van der Waals surface area contributed by atoms with Crippen LogP contribution in [0.1, 0.15) is 61.9 Å². The summed E-state index contributed by atoms with van der Waals surface area (Å²) in [6.07, 6.45) is 9.78. The second-order valence-corrected chi connectivity index (χ2v) is 6.77. The van der Waals surface area contributed by atoms with Crippen LogP contribution in [-0.4, -0.2) is 29.3 Å². The molecule has 24 heavy (non-hydrogen) atoms. The minimum absolute atomic E-state index is 0. The van der Waals surface area contributed by atoms with E-state index in [9.17, 15) is 0 Å². The van der Waals surface area contributed by atoms with Gasteiger partial charge >= 0.3 is 0 Å². The number of aliphatic imine (C=N–C) groups is 1. The number of halogens is 1. The molecule has 0 bridgehead atoms. The number of hydrogen-bond donors (Lipinski definition) is 2. The van der Waals surface area contributed by atoms with Crippen molar-refractivity contribution >= 4 is 29.9 Å². The Morgan fingerprint density at radius 1 is 1.21 bits per heavy atom. The van der Waals surface area contributed by atoms with Crippen LogP contribution in [0.5, 0.6) is 0 Å². The number of aryl methyl sites for hydroxylation is 2. The van der Waals surface area contributed by atoms with Crippen LogP contribution in [0.25, 0.3) is 0 Å². The number of nitrogens with one attached hydrogen (secondary N) is 2. The van der Waals surface area contributed by atoms with E-state index in [4.69, 9.17) is 0 Å². The summed E-state index contributed by atoms with van der Waals surface area (Å²) in [5.41, 5.74) is 3.56. The molecule has 0 amide bonds. The Labute approximate surface area is 164 Å². The Kier molecular flexibility index (Phi) is 9.69. The second-order valence-electron chi connectivity index (χ2n) is 6.77. The summed E-state index contributed by atoms with van der Waals surface area (Å²) >= 11 is 0. The van der Waals surface area contributed by atoms with Crippen molar-refractivity contribution in [2.75, 3.05) is 13.6 Å². The number of rotatable bonds is 7. The Bertz CT molecular complexity index is 518. The van der Waals surface area contributed by atoms with Gasteiger partial charge in [0.1, 0.15) is 0 Å². The molecule has 2 rings (SSSR count). The fourth-order valence-corrected chi connectivity index (χ4v) is 3.53. The smallest absolute Gasteiger partial charge is 0.191 e. The van der Waals surface area contributed by atoms with E-state index >= 15 is 0 Å². The zero-order valence-electron chi connectivity index (χ0n) is 15.7. The van der Waals surface area contributed by atoms with Gasteiger partial charge in [-0.1, -0.05) is 38.5 Å². The molecule has 0 aliphatic heterocycles. The van der Waals surface area contributed by atoms with E-state index < -0.39 is 0 Å². The van der Waals surface area contributed by atoms with E-state index in [1.165, 1.54) is 56.2 Å². The van der Waals surface area contributed by atoms with E-state index in [1.807, 2.05) is 18.8 Å². The van der Waals surface area contributed by atoms with Gasteiger partial charge in [0.25, 0.3) is 0 Å². The molecule has 5 nitrogen and oxygen atoms in total. The molecule has 1 heterocycles. The van der Waals surface area contributed by atoms with Crippen LogP contribution < -0.4 is 10.6 Å². The first kappa shape index (κ1) is 21.3. The number of guanidine groups is 1. The zero-order valence-corrected chi connectivity index (χ0v) is 18.0. The predicted octanol–water partition coefficient (Wildman–Crippen LogP) is 3.68. The third kappa shape index (κ3) is 6.26. The molecule has 0 unspecified atom stereocenters. The van der Waals surface area contributed by atoms with Crippen LogP contribution in [0.2, 0.25) is 0 Å². The monoisotopic (exact) mass is 447 g/mol. The summed E-state index contributed by atoms with van der Waals surface area (Å²) in [6, 6.07) is 0. The largest absolute Gasteiger partial charge is 0.356 e. The van der Waals surface area contributed by atoms with E-state index in [2.05, 4.69) is 34.6 Å². The van der Waals surface area contributed by atoms with Crippen LogP contribution in [0, 0.1) is 19.8 Å². The van der Waals surface area contributed by atoms with Gasteiger partial charge in [-0.15, -0.1) is 24.0 Å². The van der Waals surface area contributed by atoms with Crippen LogP contribution in [0.3, 0.4) is 0 Å². The van der Waals surface area contributed by atoms with Gasteiger partial charge in [0.15, 0.2) is 5.96 Å². The lowest BCUT2D eigenvalue weighted by Crippen LogP contribution is -2.37. The van der Waals surface area contributed by atoms with Crippen LogP contribution in [0.15, 0.2) is 4.99 Å². The van der Waals surface area contributed by atoms with Gasteiger partial charge in [0.2, 0.25) is 0 Å². The maximum Gasteiger partial charge on any atom is 0.191 e. The maximum atomic E-state index is 4.45. The fourth-order valence-electron chi connectivity index (χ4n) is 3.53. The first-order valence-corrected chi connectivity index (χ1v) is 9.05. The molecule has 1 saturated carbocycles. The zero-order chi connectivity index (χ0) is 16.7. The van der Waals surface area contributed by atoms with Crippen LogP contribution in [0.4, 0.5) is 0 Å². The fraction of sp³-hybridized carbons (Fsp3) is 0.778. The summed E-state index contributed by atoms with van der Waals surface area (Å²) in [6.45, 7) is 5.93. The summed E-state index contributed by atoms with van der Waals surface area (Å²) in [5, 5.41) is 11.3. The van der Waals surface area contributed by atoms with E-state index in [0.717, 1.165) is 30.7 Å². The molecular formula is C18H34IN5. The SMILES string of the molecule is CN=C(NCCCCC1CCCC1)NCc1c(C)nn(C)c1C.I. The summed E-state index contributed by atoms with van der Waals surface area (Å²) < 4.78 is 1.94. The van der Waals surface area contributed by atoms with Gasteiger partial charge < -0.3 is 10.6 Å². The van der Waals surface area contributed by atoms with Crippen molar-refractivity contribution in [2.45, 2.75) is 65.3 Å². The second kappa shape index (κ2) is 10.9. The molecule has 1 aromatic rings. The minimum Gasteiger partial charge on any atom is -0.356 e. The van der Waals surface area contributed by atoms with Gasteiger partial charge in [0, 0.05) is 38.4 Å². The maximum absolute atomic E-state index is 4.45. The molecule has 1 aromatic heterocycles. The highest BCUT2D eigenvalue weighted by molar-refractivity contribution is 14.0. The molecule has 6 heteroatoms. The molecular weight excluding hydrogens is 413 g/mol. The average molecular weight is 447 g/mol. The van der Waals surface area contributed by atoms with Gasteiger partial charge in [-0.05, 0) is 26.2 Å². The van der Waals surface area contributed by atoms with Crippen LogP contribution in [-0.2, 0) is 13.6 Å². The highest BCUT2D eigenvalue weighted by Crippen LogP contribution is 2.28. The minimum atomic E-state index is 0. The van der Waals surface area contributed by atoms with Gasteiger partial charge in [-0.3, -0.25) is 9.67 Å². The summed E-state index contributed by atoms with van der Waals surface area (Å²) in [7, 11) is 3.82. The number of unbranched alkanes of at least 4 members (excludes halogenated alkanes) is 1. The molecule has 0 aromatic carbocycles. The van der Waals surface area contributed by atoms with Crippen LogP contribution >= 0.6 is 24.0 Å². The molecule has 0 saturated heterocycles. The molecule has 1 aliphatic rings. The van der Waals surface area contributed by atoms with Gasteiger partial charge in [-0.25, -0.2) is 0 Å². The number of nitrogens with zero attached hydrogens (tertiary/aromatic N) is 3. The quantitative estimate of drug-likeness (QED) is 0.290. The molecule has 0 radical (unpaired) electrons. The van der Waals surface area contributed by atoms with Crippen molar-refractivity contribution in [2.24, 2.45) is 18.0 Å². The van der Waals surface area contributed by atoms with Crippen molar-refractivity contribution in [3.05, 3.63) is 17.0 Å². The lowest BCUT2D eigenvalue weighted by atomic mass is 10.0. The Morgan fingerprint density at radius 3 is 2.50 bits per heavy atom. The van der Waals surface area contributed by atoms with Crippen molar-refractivity contribution < 1.29 is 0 Å². The third-order valence-corrected chi connectivity index (χ3v) is 5.12. The normalized spacial score (nSPS) is 15.4. The predicted molar refractivity (Wildman–Crippen MR) is 112 cm³/mol. The Morgan fingerprint density at radius 2 is 1.92 bits per heavy atom. The first-order valence-electron chi connectivity index (χ1n) is 9.05. The van der Waals surface area contributed by atoms with Crippen molar-refractivity contribution in [1.29, 1.82) is 0 Å². The molecule has 0 atom stereocenters. The average Bonchev–Trinajstić information content (AvgIpc) is 3.13. The van der Waals surface area contributed by atoms with Crippen molar-refractivity contribution in [3.8, 4) is 0 Å². The number of aromatic nitrogens is 2. The van der Waals surface area contributed by atoms with E-state index in [0.29, 0.717) is 0 Å². The first-order chi connectivity index (χ1) is 11.1.